The summed E-state index contributed by atoms with van der Waals surface area (Å²) in [6, 6.07) is 11.6. The fourth-order valence-electron chi connectivity index (χ4n) is 4.46. The summed E-state index contributed by atoms with van der Waals surface area (Å²) in [5.41, 5.74) is 1.13. The standard InChI is InChI=1S/C23H25FN2O4/c1-29-16-9-10-21(30-2)17(13-16)19-8-5-11-25(19)23(28)15-12-22(27)26(14-15)20-7-4-3-6-18(20)24/h3-4,6-7,9-10,13,15,19H,5,8,11-12,14H2,1-2H3. The zero-order chi connectivity index (χ0) is 21.3. The van der Waals surface area contributed by atoms with Gasteiger partial charge in [-0.05, 0) is 43.2 Å². The van der Waals surface area contributed by atoms with Crippen LogP contribution in [0.3, 0.4) is 0 Å². The van der Waals surface area contributed by atoms with Crippen molar-refractivity contribution < 1.29 is 23.5 Å². The number of hydrogen-bond donors (Lipinski definition) is 0. The molecule has 2 unspecified atom stereocenters. The van der Waals surface area contributed by atoms with Crippen LogP contribution in [0.5, 0.6) is 11.5 Å². The predicted octanol–water partition coefficient (Wildman–Crippen LogP) is 3.56. The van der Waals surface area contributed by atoms with Gasteiger partial charge in [-0.15, -0.1) is 0 Å². The van der Waals surface area contributed by atoms with E-state index in [1.54, 1.807) is 32.4 Å². The summed E-state index contributed by atoms with van der Waals surface area (Å²) in [4.78, 5) is 29.1. The highest BCUT2D eigenvalue weighted by molar-refractivity contribution is 6.00. The Morgan fingerprint density at radius 3 is 2.67 bits per heavy atom. The van der Waals surface area contributed by atoms with Crippen molar-refractivity contribution in [3.05, 3.63) is 53.8 Å². The molecule has 2 aliphatic heterocycles. The van der Waals surface area contributed by atoms with E-state index in [-0.39, 0.29) is 36.5 Å². The molecule has 2 aliphatic rings. The number of carbonyl (C=O) groups is 2. The molecule has 0 saturated carbocycles. The molecule has 0 aliphatic carbocycles. The van der Waals surface area contributed by atoms with Gasteiger partial charge in [0.25, 0.3) is 0 Å². The van der Waals surface area contributed by atoms with E-state index in [1.807, 2.05) is 23.1 Å². The number of anilines is 1. The van der Waals surface area contributed by atoms with E-state index >= 15 is 0 Å². The van der Waals surface area contributed by atoms with Crippen LogP contribution < -0.4 is 14.4 Å². The SMILES string of the molecule is COc1ccc(OC)c(C2CCCN2C(=O)C2CC(=O)N(c3ccccc3F)C2)c1. The van der Waals surface area contributed by atoms with Crippen molar-refractivity contribution in [2.75, 3.05) is 32.2 Å². The van der Waals surface area contributed by atoms with Gasteiger partial charge in [-0.2, -0.15) is 0 Å². The first-order chi connectivity index (χ1) is 14.5. The van der Waals surface area contributed by atoms with Crippen LogP contribution in [0.4, 0.5) is 10.1 Å². The maximum Gasteiger partial charge on any atom is 0.228 e. The summed E-state index contributed by atoms with van der Waals surface area (Å²) >= 11 is 0. The number of halogens is 1. The molecule has 30 heavy (non-hydrogen) atoms. The van der Waals surface area contributed by atoms with Crippen molar-refractivity contribution in [2.24, 2.45) is 5.92 Å². The number of carbonyl (C=O) groups excluding carboxylic acids is 2. The van der Waals surface area contributed by atoms with Crippen molar-refractivity contribution in [2.45, 2.75) is 25.3 Å². The molecule has 4 rings (SSSR count). The number of amides is 2. The molecule has 0 radical (unpaired) electrons. The van der Waals surface area contributed by atoms with Crippen molar-refractivity contribution in [3.63, 3.8) is 0 Å². The first-order valence-corrected chi connectivity index (χ1v) is 10.1. The minimum absolute atomic E-state index is 0.0745. The van der Waals surface area contributed by atoms with Gasteiger partial charge in [-0.3, -0.25) is 9.59 Å². The highest BCUT2D eigenvalue weighted by Gasteiger charge is 2.41. The van der Waals surface area contributed by atoms with Crippen LogP contribution in [0.2, 0.25) is 0 Å². The number of ether oxygens (including phenoxy) is 2. The zero-order valence-electron chi connectivity index (χ0n) is 17.1. The molecule has 7 heteroatoms. The summed E-state index contributed by atoms with van der Waals surface area (Å²) in [5, 5.41) is 0. The van der Waals surface area contributed by atoms with E-state index in [0.717, 1.165) is 18.4 Å². The van der Waals surface area contributed by atoms with E-state index in [1.165, 1.54) is 11.0 Å². The van der Waals surface area contributed by atoms with Crippen molar-refractivity contribution in [1.29, 1.82) is 0 Å². The summed E-state index contributed by atoms with van der Waals surface area (Å²) in [6.45, 7) is 0.811. The smallest absolute Gasteiger partial charge is 0.228 e. The molecule has 2 amide bonds. The maximum atomic E-state index is 14.2. The second-order valence-electron chi connectivity index (χ2n) is 7.65. The summed E-state index contributed by atoms with van der Waals surface area (Å²) in [7, 11) is 3.21. The third kappa shape index (κ3) is 3.60. The lowest BCUT2D eigenvalue weighted by Gasteiger charge is -2.29. The second kappa shape index (κ2) is 8.34. The van der Waals surface area contributed by atoms with Gasteiger partial charge >= 0.3 is 0 Å². The molecular weight excluding hydrogens is 387 g/mol. The van der Waals surface area contributed by atoms with Gasteiger partial charge in [0, 0.05) is 25.1 Å². The fraction of sp³-hybridized carbons (Fsp3) is 0.391. The third-order valence-electron chi connectivity index (χ3n) is 5.95. The van der Waals surface area contributed by atoms with Gasteiger partial charge in [-0.25, -0.2) is 4.39 Å². The number of benzene rings is 2. The Morgan fingerprint density at radius 2 is 1.93 bits per heavy atom. The minimum atomic E-state index is -0.491. The topological polar surface area (TPSA) is 59.1 Å². The lowest BCUT2D eigenvalue weighted by molar-refractivity contribution is -0.136. The molecule has 2 atom stereocenters. The molecule has 2 saturated heterocycles. The van der Waals surface area contributed by atoms with Crippen molar-refractivity contribution >= 4 is 17.5 Å². The number of rotatable bonds is 5. The minimum Gasteiger partial charge on any atom is -0.497 e. The quantitative estimate of drug-likeness (QED) is 0.754. The number of para-hydroxylation sites is 1. The lowest BCUT2D eigenvalue weighted by atomic mass is 10.0. The largest absolute Gasteiger partial charge is 0.497 e. The van der Waals surface area contributed by atoms with Gasteiger partial charge in [0.1, 0.15) is 17.3 Å². The average Bonchev–Trinajstić information content (AvgIpc) is 3.40. The fourth-order valence-corrected chi connectivity index (χ4v) is 4.46. The summed E-state index contributed by atoms with van der Waals surface area (Å²) < 4.78 is 25.0. The molecule has 2 aromatic carbocycles. The summed E-state index contributed by atoms with van der Waals surface area (Å²) in [6.07, 6.45) is 1.77. The molecule has 0 spiro atoms. The Morgan fingerprint density at radius 1 is 1.13 bits per heavy atom. The van der Waals surface area contributed by atoms with Crippen LogP contribution in [-0.4, -0.2) is 44.0 Å². The summed E-state index contributed by atoms with van der Waals surface area (Å²) in [5.74, 6) is 0.152. The first-order valence-electron chi connectivity index (χ1n) is 10.1. The molecule has 2 heterocycles. The van der Waals surface area contributed by atoms with Gasteiger partial charge < -0.3 is 19.3 Å². The highest BCUT2D eigenvalue weighted by atomic mass is 19.1. The van der Waals surface area contributed by atoms with Gasteiger partial charge in [0.05, 0.1) is 31.9 Å². The Kier molecular flexibility index (Phi) is 5.61. The van der Waals surface area contributed by atoms with Crippen LogP contribution in [0.15, 0.2) is 42.5 Å². The Labute approximate surface area is 175 Å². The van der Waals surface area contributed by atoms with Crippen LogP contribution >= 0.6 is 0 Å². The Hall–Kier alpha value is -3.09. The van der Waals surface area contributed by atoms with E-state index in [2.05, 4.69) is 0 Å². The molecule has 2 aromatic rings. The zero-order valence-corrected chi connectivity index (χ0v) is 17.1. The molecule has 2 fully saturated rings. The van der Waals surface area contributed by atoms with Crippen LogP contribution in [0.25, 0.3) is 0 Å². The molecule has 0 N–H and O–H groups in total. The van der Waals surface area contributed by atoms with E-state index in [4.69, 9.17) is 9.47 Å². The monoisotopic (exact) mass is 412 g/mol. The number of likely N-dealkylation sites (tertiary alicyclic amines) is 1. The Bertz CT molecular complexity index is 964. The molecule has 0 aromatic heterocycles. The second-order valence-corrected chi connectivity index (χ2v) is 7.65. The van der Waals surface area contributed by atoms with Gasteiger partial charge in [0.15, 0.2) is 0 Å². The maximum absolute atomic E-state index is 14.2. The average molecular weight is 412 g/mol. The number of nitrogens with zero attached hydrogens (tertiary/aromatic N) is 2. The van der Waals surface area contributed by atoms with Gasteiger partial charge in [-0.1, -0.05) is 12.1 Å². The number of methoxy groups -OCH3 is 2. The van der Waals surface area contributed by atoms with E-state index < -0.39 is 11.7 Å². The molecule has 0 bridgehead atoms. The highest BCUT2D eigenvalue weighted by Crippen LogP contribution is 2.40. The van der Waals surface area contributed by atoms with Crippen LogP contribution in [0, 0.1) is 11.7 Å². The Balaban J connectivity index is 1.56. The van der Waals surface area contributed by atoms with Crippen LogP contribution in [0.1, 0.15) is 30.9 Å². The van der Waals surface area contributed by atoms with E-state index in [9.17, 15) is 14.0 Å². The third-order valence-corrected chi connectivity index (χ3v) is 5.95. The normalized spacial score (nSPS) is 21.2. The van der Waals surface area contributed by atoms with Gasteiger partial charge in [0.2, 0.25) is 11.8 Å². The van der Waals surface area contributed by atoms with E-state index in [0.29, 0.717) is 18.0 Å². The number of hydrogen-bond acceptors (Lipinski definition) is 4. The van der Waals surface area contributed by atoms with Crippen LogP contribution in [-0.2, 0) is 9.59 Å². The predicted molar refractivity (Wildman–Crippen MR) is 110 cm³/mol. The lowest BCUT2D eigenvalue weighted by Crippen LogP contribution is -2.37. The first kappa shape index (κ1) is 20.2. The molecule has 6 nitrogen and oxygen atoms in total. The molecular formula is C23H25FN2O4. The van der Waals surface area contributed by atoms with Crippen molar-refractivity contribution in [1.82, 2.24) is 4.90 Å². The van der Waals surface area contributed by atoms with Crippen molar-refractivity contribution in [3.8, 4) is 11.5 Å². The molecule has 158 valence electrons.